The van der Waals surface area contributed by atoms with E-state index in [1.807, 2.05) is 18.2 Å². The molecule has 2 saturated heterocycles. The van der Waals surface area contributed by atoms with Crippen LogP contribution in [0.1, 0.15) is 18.5 Å². The highest BCUT2D eigenvalue weighted by Gasteiger charge is 2.26. The molecule has 2 fully saturated rings. The first-order valence-corrected chi connectivity index (χ1v) is 14.1. The van der Waals surface area contributed by atoms with Crippen molar-refractivity contribution in [3.8, 4) is 0 Å². The van der Waals surface area contributed by atoms with Crippen LogP contribution in [0.2, 0.25) is 5.02 Å². The molecule has 3 heterocycles. The number of rotatable bonds is 6. The molecule has 36 heavy (non-hydrogen) atoms. The Morgan fingerprint density at radius 1 is 1.11 bits per heavy atom. The minimum atomic E-state index is -3.64. The molecular weight excluding hydrogens is 520 g/mol. The van der Waals surface area contributed by atoms with Gasteiger partial charge in [0.05, 0.1) is 15.5 Å². The molecule has 2 aromatic carbocycles. The Bertz CT molecular complexity index is 1480. The zero-order valence-corrected chi connectivity index (χ0v) is 21.5. The number of halogens is 1. The summed E-state index contributed by atoms with van der Waals surface area (Å²) in [7, 11) is -3.64. The number of amides is 2. The summed E-state index contributed by atoms with van der Waals surface area (Å²) in [6, 6.07) is 15.9. The Labute approximate surface area is 218 Å². The molecule has 11 heteroatoms. The van der Waals surface area contributed by atoms with Gasteiger partial charge < -0.3 is 4.90 Å². The average molecular weight is 543 g/mol. The number of imide groups is 1. The Morgan fingerprint density at radius 3 is 2.64 bits per heavy atom. The number of nitrogens with zero attached hydrogens (tertiary/aromatic N) is 2. The van der Waals surface area contributed by atoms with Gasteiger partial charge >= 0.3 is 0 Å². The van der Waals surface area contributed by atoms with E-state index in [9.17, 15) is 18.0 Å². The van der Waals surface area contributed by atoms with Gasteiger partial charge in [-0.25, -0.2) is 18.1 Å². The fourth-order valence-corrected chi connectivity index (χ4v) is 6.38. The van der Waals surface area contributed by atoms with E-state index in [0.717, 1.165) is 54.3 Å². The number of nitrogens with one attached hydrogen (secondary N) is 2. The van der Waals surface area contributed by atoms with Gasteiger partial charge in [0.1, 0.15) is 5.82 Å². The third kappa shape index (κ3) is 5.41. The van der Waals surface area contributed by atoms with Gasteiger partial charge in [-0.15, -0.1) is 0 Å². The Hall–Kier alpha value is -2.92. The van der Waals surface area contributed by atoms with Crippen LogP contribution in [-0.2, 0) is 14.8 Å². The van der Waals surface area contributed by atoms with Gasteiger partial charge in [0, 0.05) is 30.0 Å². The highest BCUT2D eigenvalue weighted by atomic mass is 35.5. The smallest absolute Gasteiger partial charge is 0.290 e. The van der Waals surface area contributed by atoms with Crippen LogP contribution in [-0.4, -0.2) is 44.2 Å². The topological polar surface area (TPSA) is 108 Å². The number of hydrogen-bond donors (Lipinski definition) is 2. The number of thioether (sulfide) groups is 1. The van der Waals surface area contributed by atoms with Crippen LogP contribution in [0.4, 0.5) is 10.6 Å². The van der Waals surface area contributed by atoms with Crippen molar-refractivity contribution < 1.29 is 18.0 Å². The van der Waals surface area contributed by atoms with Crippen LogP contribution in [0.3, 0.4) is 0 Å². The predicted molar refractivity (Wildman–Crippen MR) is 142 cm³/mol. The van der Waals surface area contributed by atoms with Gasteiger partial charge in [-0.1, -0.05) is 35.9 Å². The number of hydrogen-bond acceptors (Lipinski definition) is 7. The zero-order valence-electron chi connectivity index (χ0n) is 19.1. The highest BCUT2D eigenvalue weighted by molar-refractivity contribution is 8.18. The van der Waals surface area contributed by atoms with Gasteiger partial charge in [0.25, 0.3) is 11.1 Å². The maximum Gasteiger partial charge on any atom is 0.290 e. The van der Waals surface area contributed by atoms with Crippen LogP contribution in [0, 0.1) is 5.92 Å². The van der Waals surface area contributed by atoms with Crippen molar-refractivity contribution in [1.29, 1.82) is 0 Å². The second kappa shape index (κ2) is 10.2. The molecule has 0 aliphatic carbocycles. The third-order valence-electron chi connectivity index (χ3n) is 6.29. The lowest BCUT2D eigenvalue weighted by Gasteiger charge is -2.33. The molecule has 2 aliphatic heterocycles. The molecule has 0 radical (unpaired) electrons. The van der Waals surface area contributed by atoms with Gasteiger partial charge in [-0.05, 0) is 72.3 Å². The van der Waals surface area contributed by atoms with E-state index in [0.29, 0.717) is 22.2 Å². The molecule has 186 valence electrons. The quantitative estimate of drug-likeness (QED) is 0.444. The van der Waals surface area contributed by atoms with Crippen molar-refractivity contribution in [2.24, 2.45) is 5.92 Å². The summed E-state index contributed by atoms with van der Waals surface area (Å²) in [6.07, 6.45) is 3.24. The van der Waals surface area contributed by atoms with Crippen LogP contribution in [0.15, 0.2) is 64.4 Å². The summed E-state index contributed by atoms with van der Waals surface area (Å²) in [5.74, 6) is 0.585. The Kier molecular flexibility index (Phi) is 7.03. The van der Waals surface area contributed by atoms with Crippen molar-refractivity contribution in [3.63, 3.8) is 0 Å². The molecule has 1 aromatic heterocycles. The third-order valence-corrected chi connectivity index (χ3v) is 8.85. The fourth-order valence-electron chi connectivity index (χ4n) is 4.32. The number of sulfonamides is 1. The lowest BCUT2D eigenvalue weighted by molar-refractivity contribution is -0.115. The summed E-state index contributed by atoms with van der Waals surface area (Å²) in [4.78, 5) is 30.5. The SMILES string of the molecule is O=C1NC(=O)/C(=C/c2cccc(N3CCC(CNS(=O)(=O)c4ccc5c(Cl)cccc5c4)CC3)n2)S1. The summed E-state index contributed by atoms with van der Waals surface area (Å²) in [6.45, 7) is 1.84. The predicted octanol–water partition coefficient (Wildman–Crippen LogP) is 4.41. The van der Waals surface area contributed by atoms with Crippen molar-refractivity contribution in [2.45, 2.75) is 17.7 Å². The van der Waals surface area contributed by atoms with E-state index >= 15 is 0 Å². The number of benzene rings is 2. The summed E-state index contributed by atoms with van der Waals surface area (Å²) < 4.78 is 28.5. The number of aromatic nitrogens is 1. The molecule has 2 amide bonds. The molecule has 0 saturated carbocycles. The molecule has 5 rings (SSSR count). The lowest BCUT2D eigenvalue weighted by atomic mass is 9.97. The first-order chi connectivity index (χ1) is 17.3. The van der Waals surface area contributed by atoms with Gasteiger partial charge in [-0.2, -0.15) is 0 Å². The van der Waals surface area contributed by atoms with E-state index in [1.54, 1.807) is 42.5 Å². The zero-order chi connectivity index (χ0) is 25.3. The summed E-state index contributed by atoms with van der Waals surface area (Å²) in [5, 5.41) is 4.04. The van der Waals surface area contributed by atoms with Crippen LogP contribution < -0.4 is 14.9 Å². The minimum Gasteiger partial charge on any atom is -0.357 e. The van der Waals surface area contributed by atoms with Gasteiger partial charge in [0.2, 0.25) is 10.0 Å². The van der Waals surface area contributed by atoms with Gasteiger partial charge in [-0.3, -0.25) is 14.9 Å². The van der Waals surface area contributed by atoms with Crippen molar-refractivity contribution >= 4 is 67.2 Å². The lowest BCUT2D eigenvalue weighted by Crippen LogP contribution is -2.39. The first-order valence-electron chi connectivity index (χ1n) is 11.4. The monoisotopic (exact) mass is 542 g/mol. The molecule has 0 atom stereocenters. The van der Waals surface area contributed by atoms with E-state index < -0.39 is 15.9 Å². The molecule has 0 bridgehead atoms. The molecule has 0 unspecified atom stereocenters. The second-order valence-electron chi connectivity index (χ2n) is 8.68. The fraction of sp³-hybridized carbons (Fsp3) is 0.240. The average Bonchev–Trinajstić information content (AvgIpc) is 3.19. The Morgan fingerprint density at radius 2 is 1.89 bits per heavy atom. The molecule has 8 nitrogen and oxygen atoms in total. The maximum absolute atomic E-state index is 12.9. The van der Waals surface area contributed by atoms with Crippen LogP contribution in [0.5, 0.6) is 0 Å². The van der Waals surface area contributed by atoms with E-state index in [-0.39, 0.29) is 16.1 Å². The van der Waals surface area contributed by atoms with E-state index in [2.05, 4.69) is 19.9 Å². The molecule has 2 aliphatic rings. The Balaban J connectivity index is 1.19. The van der Waals surface area contributed by atoms with E-state index in [1.165, 1.54) is 0 Å². The number of fused-ring (bicyclic) bond motifs is 1. The maximum atomic E-state index is 12.9. The summed E-state index contributed by atoms with van der Waals surface area (Å²) >= 11 is 7.06. The molecular formula is C25H23ClN4O4S2. The number of carbonyl (C=O) groups is 2. The first kappa shape index (κ1) is 24.8. The minimum absolute atomic E-state index is 0.209. The molecule has 3 aromatic rings. The largest absolute Gasteiger partial charge is 0.357 e. The van der Waals surface area contributed by atoms with Crippen LogP contribution >= 0.6 is 23.4 Å². The number of carbonyl (C=O) groups excluding carboxylic acids is 2. The van der Waals surface area contributed by atoms with Crippen molar-refractivity contribution in [3.05, 3.63) is 70.2 Å². The van der Waals surface area contributed by atoms with Crippen LogP contribution in [0.25, 0.3) is 16.8 Å². The molecule has 2 N–H and O–H groups in total. The number of anilines is 1. The standard InChI is InChI=1S/C25H23ClN4O4S2/c26-21-5-1-3-17-13-19(7-8-20(17)21)36(33,34)27-15-16-9-11-30(12-10-16)23-6-2-4-18(28-23)14-22-24(31)29-25(32)35-22/h1-8,13-14,16,27H,9-12,15H2,(H,29,31,32)/b22-14-. The number of piperidine rings is 1. The van der Waals surface area contributed by atoms with Gasteiger partial charge in [0.15, 0.2) is 0 Å². The van der Waals surface area contributed by atoms with Crippen molar-refractivity contribution in [2.75, 3.05) is 24.5 Å². The second-order valence-corrected chi connectivity index (χ2v) is 11.9. The molecule has 0 spiro atoms. The summed E-state index contributed by atoms with van der Waals surface area (Å²) in [5.41, 5.74) is 0.603. The highest BCUT2D eigenvalue weighted by Crippen LogP contribution is 2.28. The number of pyridine rings is 1. The normalized spacial score (nSPS) is 18.2. The van der Waals surface area contributed by atoms with E-state index in [4.69, 9.17) is 11.6 Å². The van der Waals surface area contributed by atoms with Crippen molar-refractivity contribution in [1.82, 2.24) is 15.0 Å².